The maximum absolute atomic E-state index is 10.4. The lowest BCUT2D eigenvalue weighted by Gasteiger charge is -2.24. The molecule has 0 aliphatic carbocycles. The van der Waals surface area contributed by atoms with Crippen molar-refractivity contribution in [2.75, 3.05) is 5.75 Å². The van der Waals surface area contributed by atoms with Crippen LogP contribution in [0, 0.1) is 0 Å². The second-order valence-electron chi connectivity index (χ2n) is 4.95. The molecule has 0 atom stereocenters. The molecule has 120 valence electrons. The standard InChI is InChI=1S/C18H19NOS3/c20-12-7-13-22-23-18(21)19(14-16-8-3-1-4-9-16)15-17-10-5-2-6-11-17/h1-6,8-12H,7,13-15H2. The van der Waals surface area contributed by atoms with Crippen LogP contribution < -0.4 is 0 Å². The molecule has 0 aliphatic rings. The lowest BCUT2D eigenvalue weighted by molar-refractivity contribution is -0.107. The van der Waals surface area contributed by atoms with Crippen LogP contribution in [0.2, 0.25) is 0 Å². The first kappa shape index (κ1) is 18.0. The van der Waals surface area contributed by atoms with Crippen LogP contribution in [0.25, 0.3) is 0 Å². The number of rotatable bonds is 8. The summed E-state index contributed by atoms with van der Waals surface area (Å²) in [5, 5.41) is 0. The van der Waals surface area contributed by atoms with Crippen molar-refractivity contribution in [3.05, 3.63) is 71.8 Å². The first-order valence-corrected chi connectivity index (χ1v) is 10.1. The Hall–Kier alpha value is -1.30. The van der Waals surface area contributed by atoms with Gasteiger partial charge in [0.05, 0.1) is 0 Å². The minimum Gasteiger partial charge on any atom is -0.348 e. The van der Waals surface area contributed by atoms with Gasteiger partial charge in [0.2, 0.25) is 0 Å². The summed E-state index contributed by atoms with van der Waals surface area (Å²) in [5.74, 6) is 0.790. The number of carbonyl (C=O) groups excluding carboxylic acids is 1. The number of carbonyl (C=O) groups is 1. The first-order chi connectivity index (χ1) is 11.3. The van der Waals surface area contributed by atoms with Crippen molar-refractivity contribution >= 4 is 44.4 Å². The van der Waals surface area contributed by atoms with Gasteiger partial charge in [0.1, 0.15) is 10.6 Å². The number of nitrogens with zero attached hydrogens (tertiary/aromatic N) is 1. The van der Waals surface area contributed by atoms with E-state index in [0.717, 1.165) is 29.4 Å². The van der Waals surface area contributed by atoms with Crippen LogP contribution in [0.4, 0.5) is 0 Å². The molecule has 0 bridgehead atoms. The highest BCUT2D eigenvalue weighted by atomic mass is 33.1. The van der Waals surface area contributed by atoms with Gasteiger partial charge in [-0.15, -0.1) is 0 Å². The summed E-state index contributed by atoms with van der Waals surface area (Å²) in [6.45, 7) is 1.58. The third-order valence-electron chi connectivity index (χ3n) is 3.14. The van der Waals surface area contributed by atoms with E-state index in [2.05, 4.69) is 29.2 Å². The molecule has 0 saturated carbocycles. The summed E-state index contributed by atoms with van der Waals surface area (Å²) < 4.78 is 0.855. The smallest absolute Gasteiger partial charge is 0.147 e. The fraction of sp³-hybridized carbons (Fsp3) is 0.222. The zero-order valence-corrected chi connectivity index (χ0v) is 15.2. The summed E-state index contributed by atoms with van der Waals surface area (Å²) in [7, 11) is 3.22. The Kier molecular flexibility index (Phi) is 8.21. The molecule has 0 amide bonds. The Bertz CT molecular complexity index is 563. The highest BCUT2D eigenvalue weighted by molar-refractivity contribution is 8.83. The van der Waals surface area contributed by atoms with Gasteiger partial charge >= 0.3 is 0 Å². The van der Waals surface area contributed by atoms with Crippen LogP contribution in [0.15, 0.2) is 60.7 Å². The average molecular weight is 362 g/mol. The largest absolute Gasteiger partial charge is 0.348 e. The van der Waals surface area contributed by atoms with Gasteiger partial charge in [-0.3, -0.25) is 0 Å². The normalized spacial score (nSPS) is 10.3. The molecule has 0 unspecified atom stereocenters. The Morgan fingerprint density at radius 1 is 0.957 bits per heavy atom. The van der Waals surface area contributed by atoms with Crippen molar-refractivity contribution in [1.29, 1.82) is 0 Å². The lowest BCUT2D eigenvalue weighted by Crippen LogP contribution is -2.26. The summed E-state index contributed by atoms with van der Waals surface area (Å²) >= 11 is 5.60. The minimum absolute atomic E-state index is 0.567. The zero-order valence-electron chi connectivity index (χ0n) is 12.8. The number of thiocarbonyl (C=S) groups is 1. The van der Waals surface area contributed by atoms with Gasteiger partial charge in [-0.05, 0) is 21.9 Å². The molecular formula is C18H19NOS3. The third kappa shape index (κ3) is 6.77. The molecule has 23 heavy (non-hydrogen) atoms. The quantitative estimate of drug-likeness (QED) is 0.286. The summed E-state index contributed by atoms with van der Waals surface area (Å²) in [4.78, 5) is 12.6. The molecule has 0 heterocycles. The number of aldehydes is 1. The van der Waals surface area contributed by atoms with Gasteiger partial charge in [0.25, 0.3) is 0 Å². The van der Waals surface area contributed by atoms with Crippen molar-refractivity contribution in [3.63, 3.8) is 0 Å². The van der Waals surface area contributed by atoms with E-state index in [1.807, 2.05) is 36.4 Å². The Labute approximate surface area is 151 Å². The van der Waals surface area contributed by atoms with Gasteiger partial charge in [-0.25, -0.2) is 0 Å². The number of hydrogen-bond donors (Lipinski definition) is 0. The van der Waals surface area contributed by atoms with Gasteiger partial charge in [0.15, 0.2) is 0 Å². The van der Waals surface area contributed by atoms with Crippen LogP contribution in [0.1, 0.15) is 17.5 Å². The maximum Gasteiger partial charge on any atom is 0.147 e. The lowest BCUT2D eigenvalue weighted by atomic mass is 10.2. The SMILES string of the molecule is O=CCCSSC(=S)N(Cc1ccccc1)Cc1ccccc1. The average Bonchev–Trinajstić information content (AvgIpc) is 2.60. The van der Waals surface area contributed by atoms with E-state index in [1.54, 1.807) is 21.6 Å². The fourth-order valence-electron chi connectivity index (χ4n) is 2.03. The molecule has 0 saturated heterocycles. The molecular weight excluding hydrogens is 342 g/mol. The molecule has 0 radical (unpaired) electrons. The molecule has 0 aliphatic heterocycles. The van der Waals surface area contributed by atoms with E-state index in [-0.39, 0.29) is 0 Å². The van der Waals surface area contributed by atoms with E-state index in [4.69, 9.17) is 12.2 Å². The van der Waals surface area contributed by atoms with E-state index in [0.29, 0.717) is 6.42 Å². The Balaban J connectivity index is 2.01. The predicted octanol–water partition coefficient (Wildman–Crippen LogP) is 4.94. The van der Waals surface area contributed by atoms with Crippen molar-refractivity contribution in [2.45, 2.75) is 19.5 Å². The molecule has 0 aromatic heterocycles. The molecule has 2 nitrogen and oxygen atoms in total. The molecule has 2 rings (SSSR count). The molecule has 0 fully saturated rings. The first-order valence-electron chi connectivity index (χ1n) is 7.39. The second-order valence-corrected chi connectivity index (χ2v) is 8.00. The highest BCUT2D eigenvalue weighted by Gasteiger charge is 2.12. The Morgan fingerprint density at radius 3 is 1.96 bits per heavy atom. The van der Waals surface area contributed by atoms with Gasteiger partial charge in [0, 0.05) is 25.3 Å². The van der Waals surface area contributed by atoms with Gasteiger partial charge < -0.3 is 9.69 Å². The molecule has 2 aromatic rings. The van der Waals surface area contributed by atoms with Gasteiger partial charge in [-0.2, -0.15) is 0 Å². The number of benzene rings is 2. The highest BCUT2D eigenvalue weighted by Crippen LogP contribution is 2.27. The van der Waals surface area contributed by atoms with Crippen molar-refractivity contribution < 1.29 is 4.79 Å². The summed E-state index contributed by atoms with van der Waals surface area (Å²) in [6, 6.07) is 20.7. The van der Waals surface area contributed by atoms with E-state index in [9.17, 15) is 4.79 Å². The van der Waals surface area contributed by atoms with E-state index in [1.165, 1.54) is 11.1 Å². The van der Waals surface area contributed by atoms with Crippen molar-refractivity contribution in [1.82, 2.24) is 4.90 Å². The van der Waals surface area contributed by atoms with Crippen LogP contribution in [0.5, 0.6) is 0 Å². The predicted molar refractivity (Wildman–Crippen MR) is 105 cm³/mol. The Morgan fingerprint density at radius 2 is 1.48 bits per heavy atom. The molecule has 2 aromatic carbocycles. The monoisotopic (exact) mass is 361 g/mol. The fourth-order valence-corrected chi connectivity index (χ4v) is 4.36. The van der Waals surface area contributed by atoms with E-state index >= 15 is 0 Å². The van der Waals surface area contributed by atoms with Gasteiger partial charge in [-0.1, -0.05) is 83.7 Å². The minimum atomic E-state index is 0.567. The van der Waals surface area contributed by atoms with Crippen LogP contribution >= 0.6 is 33.8 Å². The summed E-state index contributed by atoms with van der Waals surface area (Å²) in [5.41, 5.74) is 2.48. The second kappa shape index (κ2) is 10.5. The molecule has 5 heteroatoms. The maximum atomic E-state index is 10.4. The van der Waals surface area contributed by atoms with Crippen LogP contribution in [-0.4, -0.2) is 21.3 Å². The molecule has 0 N–H and O–H groups in total. The van der Waals surface area contributed by atoms with Crippen LogP contribution in [-0.2, 0) is 17.9 Å². The summed E-state index contributed by atoms with van der Waals surface area (Å²) in [6.07, 6.45) is 1.51. The number of hydrogen-bond acceptors (Lipinski definition) is 4. The zero-order chi connectivity index (χ0) is 16.3. The van der Waals surface area contributed by atoms with Crippen molar-refractivity contribution in [3.8, 4) is 0 Å². The topological polar surface area (TPSA) is 20.3 Å². The molecule has 0 spiro atoms. The van der Waals surface area contributed by atoms with Crippen molar-refractivity contribution in [2.24, 2.45) is 0 Å². The van der Waals surface area contributed by atoms with Crippen LogP contribution in [0.3, 0.4) is 0 Å². The van der Waals surface area contributed by atoms with E-state index < -0.39 is 0 Å². The third-order valence-corrected chi connectivity index (χ3v) is 6.21.